The molecule has 7 heteroatoms. The maximum atomic E-state index is 12.2. The van der Waals surface area contributed by atoms with Crippen LogP contribution in [0.4, 0.5) is 0 Å². The molecule has 0 heterocycles. The van der Waals surface area contributed by atoms with Gasteiger partial charge in [-0.15, -0.1) is 0 Å². The number of amides is 1. The van der Waals surface area contributed by atoms with Crippen LogP contribution in [0.15, 0.2) is 30.3 Å². The summed E-state index contributed by atoms with van der Waals surface area (Å²) in [4.78, 5) is 34.8. The molecule has 1 amide bonds. The predicted octanol–water partition coefficient (Wildman–Crippen LogP) is -0.0824. The van der Waals surface area contributed by atoms with Gasteiger partial charge in [-0.25, -0.2) is 0 Å². The number of nitrogens with one attached hydrogen (secondary N) is 1. The maximum absolute atomic E-state index is 12.2. The zero-order valence-corrected chi connectivity index (χ0v) is 11.6. The molecule has 0 aromatic heterocycles. The van der Waals surface area contributed by atoms with Crippen molar-refractivity contribution < 1.29 is 24.6 Å². The van der Waals surface area contributed by atoms with Crippen LogP contribution in [-0.4, -0.2) is 39.6 Å². The number of rotatable bonds is 4. The van der Waals surface area contributed by atoms with Gasteiger partial charge in [0.15, 0.2) is 0 Å². The van der Waals surface area contributed by atoms with E-state index in [9.17, 15) is 24.6 Å². The fourth-order valence-electron chi connectivity index (χ4n) is 3.67. The van der Waals surface area contributed by atoms with Crippen molar-refractivity contribution in [2.75, 3.05) is 0 Å². The Bertz CT molecular complexity index is 647. The van der Waals surface area contributed by atoms with Crippen molar-refractivity contribution in [2.45, 2.75) is 18.0 Å². The highest BCUT2D eigenvalue weighted by molar-refractivity contribution is 5.95. The number of carboxylic acids is 2. The van der Waals surface area contributed by atoms with Gasteiger partial charge in [0, 0.05) is 17.5 Å². The average Bonchev–Trinajstić information content (AvgIpc) is 3.17. The van der Waals surface area contributed by atoms with E-state index in [4.69, 9.17) is 5.73 Å². The Hall–Kier alpha value is -2.41. The number of benzene rings is 1. The standard InChI is InChI=1S/C15H16N2O5/c16-15(14(21)22)6-8(9-10(11(9)15)13(19)20)17-12(18)7-4-2-1-3-5-7/h1-5,8-11H,6,16H2,(H,17,18)(H,19,20)(H,21,22). The monoisotopic (exact) mass is 304 g/mol. The van der Waals surface area contributed by atoms with E-state index in [2.05, 4.69) is 5.32 Å². The molecule has 7 nitrogen and oxygen atoms in total. The van der Waals surface area contributed by atoms with Crippen molar-refractivity contribution in [3.8, 4) is 0 Å². The van der Waals surface area contributed by atoms with E-state index >= 15 is 0 Å². The Labute approximate surface area is 126 Å². The first kappa shape index (κ1) is 14.5. The molecule has 5 atom stereocenters. The summed E-state index contributed by atoms with van der Waals surface area (Å²) in [5, 5.41) is 21.2. The molecule has 5 unspecified atom stereocenters. The van der Waals surface area contributed by atoms with Gasteiger partial charge >= 0.3 is 11.9 Å². The Morgan fingerprint density at radius 1 is 1.18 bits per heavy atom. The number of fused-ring (bicyclic) bond motifs is 1. The van der Waals surface area contributed by atoms with Gasteiger partial charge in [-0.1, -0.05) is 18.2 Å². The summed E-state index contributed by atoms with van der Waals surface area (Å²) >= 11 is 0. The van der Waals surface area contributed by atoms with Crippen LogP contribution in [-0.2, 0) is 9.59 Å². The van der Waals surface area contributed by atoms with Crippen LogP contribution in [0.25, 0.3) is 0 Å². The minimum atomic E-state index is -1.59. The first-order chi connectivity index (χ1) is 10.4. The van der Waals surface area contributed by atoms with Gasteiger partial charge in [0.05, 0.1) is 5.92 Å². The number of carboxylic acid groups (broad SMARTS) is 2. The highest BCUT2D eigenvalue weighted by Gasteiger charge is 2.74. The Morgan fingerprint density at radius 2 is 1.82 bits per heavy atom. The van der Waals surface area contributed by atoms with Crippen LogP contribution in [0.5, 0.6) is 0 Å². The Kier molecular flexibility index (Phi) is 3.17. The van der Waals surface area contributed by atoms with Gasteiger partial charge in [0.25, 0.3) is 5.91 Å². The van der Waals surface area contributed by atoms with Crippen molar-refractivity contribution in [3.63, 3.8) is 0 Å². The third kappa shape index (κ3) is 2.05. The summed E-state index contributed by atoms with van der Waals surface area (Å²) < 4.78 is 0. The second-order valence-corrected chi connectivity index (χ2v) is 5.96. The molecule has 2 saturated carbocycles. The number of aliphatic carboxylic acids is 2. The summed E-state index contributed by atoms with van der Waals surface area (Å²) in [6.07, 6.45) is 0.0417. The van der Waals surface area contributed by atoms with Crippen LogP contribution < -0.4 is 11.1 Å². The van der Waals surface area contributed by atoms with Gasteiger partial charge in [-0.05, 0) is 24.5 Å². The molecular weight excluding hydrogens is 288 g/mol. The Morgan fingerprint density at radius 3 is 2.36 bits per heavy atom. The lowest BCUT2D eigenvalue weighted by atomic mass is 9.90. The molecule has 3 rings (SSSR count). The number of carbonyl (C=O) groups is 3. The molecule has 0 spiro atoms. The lowest BCUT2D eigenvalue weighted by molar-refractivity contribution is -0.145. The van der Waals surface area contributed by atoms with Crippen molar-refractivity contribution in [2.24, 2.45) is 23.5 Å². The Balaban J connectivity index is 1.79. The highest BCUT2D eigenvalue weighted by Crippen LogP contribution is 2.61. The van der Waals surface area contributed by atoms with E-state index in [0.717, 1.165) is 0 Å². The van der Waals surface area contributed by atoms with E-state index in [1.54, 1.807) is 30.3 Å². The minimum Gasteiger partial charge on any atom is -0.481 e. The molecule has 116 valence electrons. The second kappa shape index (κ2) is 4.81. The van der Waals surface area contributed by atoms with Crippen molar-refractivity contribution in [3.05, 3.63) is 35.9 Å². The number of hydrogen-bond donors (Lipinski definition) is 4. The largest absolute Gasteiger partial charge is 0.481 e. The van der Waals surface area contributed by atoms with Crippen LogP contribution >= 0.6 is 0 Å². The second-order valence-electron chi connectivity index (χ2n) is 5.96. The molecule has 0 saturated heterocycles. The maximum Gasteiger partial charge on any atom is 0.324 e. The fraction of sp³-hybridized carbons (Fsp3) is 0.400. The van der Waals surface area contributed by atoms with Gasteiger partial charge in [-0.3, -0.25) is 14.4 Å². The number of carbonyl (C=O) groups excluding carboxylic acids is 1. The molecule has 2 aliphatic rings. The lowest BCUT2D eigenvalue weighted by Gasteiger charge is -2.25. The normalized spacial score (nSPS) is 35.5. The van der Waals surface area contributed by atoms with Crippen LogP contribution in [0.3, 0.4) is 0 Å². The predicted molar refractivity (Wildman–Crippen MR) is 75.0 cm³/mol. The van der Waals surface area contributed by atoms with Crippen molar-refractivity contribution in [1.29, 1.82) is 0 Å². The third-order valence-corrected chi connectivity index (χ3v) is 4.73. The third-order valence-electron chi connectivity index (χ3n) is 4.73. The van der Waals surface area contributed by atoms with Gasteiger partial charge < -0.3 is 21.3 Å². The summed E-state index contributed by atoms with van der Waals surface area (Å²) in [7, 11) is 0. The molecule has 0 aliphatic heterocycles. The van der Waals surface area contributed by atoms with Crippen LogP contribution in [0.2, 0.25) is 0 Å². The summed E-state index contributed by atoms with van der Waals surface area (Å²) in [6.45, 7) is 0. The quantitative estimate of drug-likeness (QED) is 0.615. The first-order valence-electron chi connectivity index (χ1n) is 6.97. The number of nitrogens with two attached hydrogens (primary N) is 1. The van der Waals surface area contributed by atoms with E-state index in [1.807, 2.05) is 0 Å². The minimum absolute atomic E-state index is 0.0417. The molecule has 2 fully saturated rings. The molecule has 5 N–H and O–H groups in total. The van der Waals surface area contributed by atoms with Gasteiger partial charge in [0.1, 0.15) is 5.54 Å². The zero-order valence-electron chi connectivity index (χ0n) is 11.6. The summed E-state index contributed by atoms with van der Waals surface area (Å²) in [5.74, 6) is -4.51. The van der Waals surface area contributed by atoms with E-state index in [-0.39, 0.29) is 12.3 Å². The van der Waals surface area contributed by atoms with Crippen molar-refractivity contribution in [1.82, 2.24) is 5.32 Å². The SMILES string of the molecule is NC1(C(=O)O)CC(NC(=O)c2ccccc2)C2C(C(=O)O)C21. The molecular formula is C15H16N2O5. The average molecular weight is 304 g/mol. The molecule has 1 aromatic rings. The van der Waals surface area contributed by atoms with E-state index in [1.165, 1.54) is 0 Å². The van der Waals surface area contributed by atoms with Crippen LogP contribution in [0.1, 0.15) is 16.8 Å². The summed E-state index contributed by atoms with van der Waals surface area (Å²) in [5.41, 5.74) is 4.75. The molecule has 22 heavy (non-hydrogen) atoms. The van der Waals surface area contributed by atoms with Crippen LogP contribution in [0, 0.1) is 17.8 Å². The van der Waals surface area contributed by atoms with E-state index in [0.29, 0.717) is 5.56 Å². The zero-order chi connectivity index (χ0) is 16.1. The number of hydrogen-bond acceptors (Lipinski definition) is 4. The smallest absolute Gasteiger partial charge is 0.324 e. The van der Waals surface area contributed by atoms with Crippen molar-refractivity contribution >= 4 is 17.8 Å². The molecule has 2 aliphatic carbocycles. The molecule has 1 aromatic carbocycles. The van der Waals surface area contributed by atoms with E-state index < -0.39 is 41.3 Å². The lowest BCUT2D eigenvalue weighted by Crippen LogP contribution is -2.52. The van der Waals surface area contributed by atoms with Gasteiger partial charge in [0.2, 0.25) is 0 Å². The fourth-order valence-corrected chi connectivity index (χ4v) is 3.67. The molecule has 0 bridgehead atoms. The highest BCUT2D eigenvalue weighted by atomic mass is 16.4. The molecule has 0 radical (unpaired) electrons. The van der Waals surface area contributed by atoms with Gasteiger partial charge in [-0.2, -0.15) is 0 Å². The summed E-state index contributed by atoms with van der Waals surface area (Å²) in [6, 6.07) is 7.94. The topological polar surface area (TPSA) is 130 Å². The first-order valence-corrected chi connectivity index (χ1v) is 6.97.